The first-order valence-electron chi connectivity index (χ1n) is 16.7. The highest BCUT2D eigenvalue weighted by atomic mass is 127. The summed E-state index contributed by atoms with van der Waals surface area (Å²) in [6.45, 7) is 7.94. The van der Waals surface area contributed by atoms with Crippen LogP contribution in [-0.2, 0) is 13.1 Å². The molecule has 1 heterocycles. The zero-order chi connectivity index (χ0) is 30.7. The number of aryl methyl sites for hydroxylation is 1. The zero-order valence-corrected chi connectivity index (χ0v) is 29.4. The monoisotopic (exact) mass is 712 g/mol. The summed E-state index contributed by atoms with van der Waals surface area (Å²) in [5.41, 5.74) is 2.67. The van der Waals surface area contributed by atoms with E-state index in [1.165, 1.54) is 69.1 Å². The molecule has 0 aliphatic rings. The van der Waals surface area contributed by atoms with Gasteiger partial charge in [0.1, 0.15) is 18.8 Å². The van der Waals surface area contributed by atoms with E-state index in [0.29, 0.717) is 23.5 Å². The predicted octanol–water partition coefficient (Wildman–Crippen LogP) is 6.26. The van der Waals surface area contributed by atoms with Crippen molar-refractivity contribution in [2.45, 2.75) is 117 Å². The van der Waals surface area contributed by atoms with Crippen molar-refractivity contribution in [3.05, 3.63) is 95.3 Å². The second kappa shape index (κ2) is 21.9. The summed E-state index contributed by atoms with van der Waals surface area (Å²) in [6.07, 6.45) is 18.6. The summed E-state index contributed by atoms with van der Waals surface area (Å²) >= 11 is 0. The van der Waals surface area contributed by atoms with Crippen LogP contribution in [0, 0.1) is 6.92 Å². The van der Waals surface area contributed by atoms with Crippen molar-refractivity contribution in [2.24, 2.45) is 0 Å². The highest BCUT2D eigenvalue weighted by Crippen LogP contribution is 2.24. The van der Waals surface area contributed by atoms with Crippen LogP contribution in [0.3, 0.4) is 0 Å². The Morgan fingerprint density at radius 2 is 1.30 bits per heavy atom. The van der Waals surface area contributed by atoms with E-state index in [1.807, 2.05) is 61.7 Å². The molecule has 3 aromatic rings. The number of carbonyl (C=O) groups is 2. The SMILES string of the molecule is CCCCCCCCCCCCCCOc1cccc(C(=O)N(Cc2cccc[n+]2CCC)C(=O)c2ccccc2)c1C.[I-]. The summed E-state index contributed by atoms with van der Waals surface area (Å²) in [5, 5.41) is 0. The van der Waals surface area contributed by atoms with Crippen molar-refractivity contribution in [3.63, 3.8) is 0 Å². The van der Waals surface area contributed by atoms with Crippen molar-refractivity contribution in [3.8, 4) is 5.75 Å². The van der Waals surface area contributed by atoms with E-state index >= 15 is 0 Å². The van der Waals surface area contributed by atoms with Crippen LogP contribution in [-0.4, -0.2) is 23.3 Å². The first kappa shape index (κ1) is 37.4. The second-order valence-electron chi connectivity index (χ2n) is 11.6. The van der Waals surface area contributed by atoms with Gasteiger partial charge in [-0.25, -0.2) is 4.57 Å². The molecule has 1 aromatic heterocycles. The van der Waals surface area contributed by atoms with E-state index in [1.54, 1.807) is 18.2 Å². The Morgan fingerprint density at radius 1 is 0.682 bits per heavy atom. The second-order valence-corrected chi connectivity index (χ2v) is 11.6. The molecule has 0 radical (unpaired) electrons. The Kier molecular flexibility index (Phi) is 18.6. The standard InChI is InChI=1S/C38H53N2O3.HI/c1-4-6-7-8-9-10-11-12-13-14-15-21-30-43-36-27-22-26-35(32(36)3)38(42)40(37(41)33-23-17-16-18-24-33)31-34-25-19-20-29-39(34)28-5-2;/h16-20,22-27,29H,4-15,21,28,30-31H2,1-3H3;1H/q+1;/p-1. The van der Waals surface area contributed by atoms with Crippen LogP contribution in [0.4, 0.5) is 0 Å². The van der Waals surface area contributed by atoms with Crippen LogP contribution in [0.15, 0.2) is 72.9 Å². The van der Waals surface area contributed by atoms with Gasteiger partial charge in [-0.3, -0.25) is 14.5 Å². The fourth-order valence-corrected chi connectivity index (χ4v) is 5.52. The summed E-state index contributed by atoms with van der Waals surface area (Å²) in [7, 11) is 0. The minimum absolute atomic E-state index is 0. The zero-order valence-electron chi connectivity index (χ0n) is 27.2. The fourth-order valence-electron chi connectivity index (χ4n) is 5.52. The number of ether oxygens (including phenoxy) is 1. The quantitative estimate of drug-likeness (QED) is 0.0602. The molecule has 0 bridgehead atoms. The van der Waals surface area contributed by atoms with Gasteiger partial charge >= 0.3 is 0 Å². The summed E-state index contributed by atoms with van der Waals surface area (Å²) < 4.78 is 8.26. The van der Waals surface area contributed by atoms with Gasteiger partial charge < -0.3 is 28.7 Å². The topological polar surface area (TPSA) is 50.5 Å². The molecule has 0 aliphatic heterocycles. The predicted molar refractivity (Wildman–Crippen MR) is 175 cm³/mol. The first-order valence-corrected chi connectivity index (χ1v) is 16.7. The van der Waals surface area contributed by atoms with Gasteiger partial charge in [-0.1, -0.05) is 115 Å². The molecule has 2 aromatic carbocycles. The minimum atomic E-state index is -0.311. The van der Waals surface area contributed by atoms with E-state index in [2.05, 4.69) is 18.4 Å². The van der Waals surface area contributed by atoms with Gasteiger partial charge in [0.2, 0.25) is 5.69 Å². The maximum Gasteiger partial charge on any atom is 0.261 e. The van der Waals surface area contributed by atoms with Crippen molar-refractivity contribution in [2.75, 3.05) is 6.61 Å². The number of unbranched alkanes of at least 4 members (excludes halogenated alkanes) is 11. The highest BCUT2D eigenvalue weighted by Gasteiger charge is 2.29. The van der Waals surface area contributed by atoms with Gasteiger partial charge in [-0.05, 0) is 37.6 Å². The van der Waals surface area contributed by atoms with E-state index in [4.69, 9.17) is 4.74 Å². The van der Waals surface area contributed by atoms with Gasteiger partial charge in [0.05, 0.1) is 6.61 Å². The number of hydrogen-bond donors (Lipinski definition) is 0. The Balaban J connectivity index is 0.00000675. The Morgan fingerprint density at radius 3 is 1.93 bits per heavy atom. The summed E-state index contributed by atoms with van der Waals surface area (Å²) in [5.74, 6) is 0.0931. The molecule has 0 aliphatic carbocycles. The lowest BCUT2D eigenvalue weighted by atomic mass is 10.0. The number of halogens is 1. The average Bonchev–Trinajstić information content (AvgIpc) is 3.03. The van der Waals surface area contributed by atoms with Crippen LogP contribution < -0.4 is 33.3 Å². The molecule has 0 unspecified atom stereocenters. The number of carbonyl (C=O) groups excluding carboxylic acids is 2. The number of nitrogens with zero attached hydrogens (tertiary/aromatic N) is 2. The molecule has 5 nitrogen and oxygen atoms in total. The number of amides is 2. The van der Waals surface area contributed by atoms with Gasteiger partial charge in [-0.15, -0.1) is 0 Å². The molecule has 0 spiro atoms. The molecule has 0 N–H and O–H groups in total. The molecule has 0 saturated heterocycles. The van der Waals surface area contributed by atoms with Crippen molar-refractivity contribution in [1.29, 1.82) is 0 Å². The molecule has 3 rings (SSSR count). The third kappa shape index (κ3) is 12.3. The largest absolute Gasteiger partial charge is 1.00 e. The van der Waals surface area contributed by atoms with Crippen LogP contribution >= 0.6 is 0 Å². The average molecular weight is 713 g/mol. The molecule has 240 valence electrons. The number of rotatable bonds is 20. The van der Waals surface area contributed by atoms with Crippen LogP contribution in [0.2, 0.25) is 0 Å². The van der Waals surface area contributed by atoms with E-state index in [-0.39, 0.29) is 42.3 Å². The number of imide groups is 1. The maximum atomic E-state index is 14.0. The minimum Gasteiger partial charge on any atom is -1.00 e. The number of aromatic nitrogens is 1. The van der Waals surface area contributed by atoms with Crippen molar-refractivity contribution in [1.82, 2.24) is 4.90 Å². The van der Waals surface area contributed by atoms with Gasteiger partial charge in [0.25, 0.3) is 11.8 Å². The number of hydrogen-bond acceptors (Lipinski definition) is 3. The molecule has 0 atom stereocenters. The normalized spacial score (nSPS) is 10.7. The fraction of sp³-hybridized carbons (Fsp3) is 0.500. The van der Waals surface area contributed by atoms with Crippen molar-refractivity contribution >= 4 is 11.8 Å². The van der Waals surface area contributed by atoms with E-state index in [9.17, 15) is 9.59 Å². The van der Waals surface area contributed by atoms with E-state index in [0.717, 1.165) is 37.1 Å². The molecule has 44 heavy (non-hydrogen) atoms. The Bertz CT molecular complexity index is 1250. The van der Waals surface area contributed by atoms with Gasteiger partial charge in [-0.2, -0.15) is 0 Å². The number of pyridine rings is 1. The first-order chi connectivity index (χ1) is 21.1. The molecule has 0 fully saturated rings. The molecular formula is C38H53IN2O3. The highest BCUT2D eigenvalue weighted by molar-refractivity contribution is 6.10. The molecule has 6 heteroatoms. The van der Waals surface area contributed by atoms with Gasteiger partial charge in [0.15, 0.2) is 6.20 Å². The molecular weight excluding hydrogens is 659 g/mol. The van der Waals surface area contributed by atoms with Crippen molar-refractivity contribution < 1.29 is 42.9 Å². The summed E-state index contributed by atoms with van der Waals surface area (Å²) in [6, 6.07) is 20.5. The van der Waals surface area contributed by atoms with Crippen LogP contribution in [0.25, 0.3) is 0 Å². The van der Waals surface area contributed by atoms with Gasteiger partial charge in [0, 0.05) is 35.2 Å². The Labute approximate surface area is 283 Å². The number of benzene rings is 2. The lowest BCUT2D eigenvalue weighted by Crippen LogP contribution is -3.00. The molecule has 0 saturated carbocycles. The summed E-state index contributed by atoms with van der Waals surface area (Å²) in [4.78, 5) is 29.1. The lowest BCUT2D eigenvalue weighted by molar-refractivity contribution is -0.704. The lowest BCUT2D eigenvalue weighted by Gasteiger charge is -2.22. The Hall–Kier alpha value is -2.74. The van der Waals surface area contributed by atoms with Crippen LogP contribution in [0.5, 0.6) is 5.75 Å². The van der Waals surface area contributed by atoms with E-state index < -0.39 is 0 Å². The maximum absolute atomic E-state index is 14.0. The molecule has 2 amide bonds. The smallest absolute Gasteiger partial charge is 0.261 e. The third-order valence-corrected chi connectivity index (χ3v) is 8.10. The third-order valence-electron chi connectivity index (χ3n) is 8.10. The van der Waals surface area contributed by atoms with Crippen LogP contribution in [0.1, 0.15) is 129 Å².